The maximum absolute atomic E-state index is 12.1. The second-order valence-corrected chi connectivity index (χ2v) is 5.21. The molecule has 1 heterocycles. The lowest BCUT2D eigenvalue weighted by atomic mass is 10.1. The Morgan fingerprint density at radius 1 is 1.29 bits per heavy atom. The van der Waals surface area contributed by atoms with Gasteiger partial charge in [0.1, 0.15) is 10.8 Å². The Hall–Kier alpha value is -1.98. The van der Waals surface area contributed by atoms with Crippen molar-refractivity contribution >= 4 is 17.5 Å². The molecule has 1 aromatic heterocycles. The normalized spacial score (nSPS) is 12.2. The first-order valence-electron chi connectivity index (χ1n) is 6.55. The highest BCUT2D eigenvalue weighted by molar-refractivity contribution is 6.29. The van der Waals surface area contributed by atoms with Crippen LogP contribution in [0.15, 0.2) is 42.7 Å². The molecule has 1 atom stereocenters. The van der Waals surface area contributed by atoms with E-state index in [9.17, 15) is 4.79 Å². The Balaban J connectivity index is 2.04. The number of carbonyl (C=O) groups is 1. The van der Waals surface area contributed by atoms with E-state index in [2.05, 4.69) is 20.2 Å². The Labute approximate surface area is 129 Å². The van der Waals surface area contributed by atoms with Gasteiger partial charge < -0.3 is 10.2 Å². The van der Waals surface area contributed by atoms with E-state index in [0.29, 0.717) is 6.54 Å². The summed E-state index contributed by atoms with van der Waals surface area (Å²) in [4.78, 5) is 21.9. The summed E-state index contributed by atoms with van der Waals surface area (Å²) in [5, 5.41) is 3.07. The Morgan fingerprint density at radius 2 is 2.00 bits per heavy atom. The van der Waals surface area contributed by atoms with Crippen molar-refractivity contribution in [3.05, 3.63) is 59.1 Å². The van der Waals surface area contributed by atoms with Gasteiger partial charge in [-0.3, -0.25) is 9.78 Å². The minimum atomic E-state index is -0.284. The van der Waals surface area contributed by atoms with E-state index in [1.807, 2.05) is 44.4 Å². The van der Waals surface area contributed by atoms with E-state index < -0.39 is 0 Å². The molecule has 1 aromatic carbocycles. The topological polar surface area (TPSA) is 58.1 Å². The van der Waals surface area contributed by atoms with Crippen LogP contribution in [0.2, 0.25) is 5.15 Å². The first-order chi connectivity index (χ1) is 10.1. The lowest BCUT2D eigenvalue weighted by Gasteiger charge is -2.25. The third-order valence-corrected chi connectivity index (χ3v) is 3.28. The molecule has 1 amide bonds. The Kier molecular flexibility index (Phi) is 5.25. The molecule has 1 unspecified atom stereocenters. The second kappa shape index (κ2) is 7.15. The van der Waals surface area contributed by atoms with Gasteiger partial charge in [0.2, 0.25) is 0 Å². The van der Waals surface area contributed by atoms with Crippen molar-refractivity contribution in [2.45, 2.75) is 6.04 Å². The van der Waals surface area contributed by atoms with Crippen molar-refractivity contribution in [1.29, 1.82) is 0 Å². The van der Waals surface area contributed by atoms with Crippen LogP contribution < -0.4 is 5.32 Å². The molecule has 1 N–H and O–H groups in total. The van der Waals surface area contributed by atoms with E-state index in [-0.39, 0.29) is 22.8 Å². The molecule has 0 aliphatic heterocycles. The van der Waals surface area contributed by atoms with E-state index in [1.165, 1.54) is 12.4 Å². The van der Waals surface area contributed by atoms with Crippen LogP contribution in [0.1, 0.15) is 22.1 Å². The fraction of sp³-hybridized carbons (Fsp3) is 0.267. The number of likely N-dealkylation sites (N-methyl/N-ethyl adjacent to an activating group) is 1. The first kappa shape index (κ1) is 15.4. The number of halogens is 1. The summed E-state index contributed by atoms with van der Waals surface area (Å²) in [6.45, 7) is 0.476. The number of amides is 1. The van der Waals surface area contributed by atoms with Gasteiger partial charge in [0, 0.05) is 6.54 Å². The van der Waals surface area contributed by atoms with Gasteiger partial charge in [-0.15, -0.1) is 0 Å². The molecular weight excluding hydrogens is 288 g/mol. The van der Waals surface area contributed by atoms with Gasteiger partial charge in [0.05, 0.1) is 18.4 Å². The number of aromatic nitrogens is 2. The molecule has 21 heavy (non-hydrogen) atoms. The monoisotopic (exact) mass is 304 g/mol. The molecule has 0 bridgehead atoms. The smallest absolute Gasteiger partial charge is 0.271 e. The third-order valence-electron chi connectivity index (χ3n) is 3.10. The number of hydrogen-bond donors (Lipinski definition) is 1. The number of nitrogens with one attached hydrogen (secondary N) is 1. The molecule has 0 saturated carbocycles. The zero-order chi connectivity index (χ0) is 15.2. The van der Waals surface area contributed by atoms with Gasteiger partial charge in [-0.1, -0.05) is 41.9 Å². The largest absolute Gasteiger partial charge is 0.349 e. The predicted molar refractivity (Wildman–Crippen MR) is 82.2 cm³/mol. The third kappa shape index (κ3) is 4.24. The fourth-order valence-corrected chi connectivity index (χ4v) is 2.15. The average Bonchev–Trinajstić information content (AvgIpc) is 2.48. The van der Waals surface area contributed by atoms with E-state index in [4.69, 9.17) is 11.6 Å². The predicted octanol–water partition coefficient (Wildman–Crippen LogP) is 2.16. The van der Waals surface area contributed by atoms with Crippen LogP contribution in [0, 0.1) is 0 Å². The zero-order valence-corrected chi connectivity index (χ0v) is 12.7. The number of nitrogens with zero attached hydrogens (tertiary/aromatic N) is 3. The van der Waals surface area contributed by atoms with Gasteiger partial charge in [-0.2, -0.15) is 0 Å². The summed E-state index contributed by atoms with van der Waals surface area (Å²) in [7, 11) is 3.95. The molecule has 5 nitrogen and oxygen atoms in total. The molecule has 6 heteroatoms. The van der Waals surface area contributed by atoms with E-state index >= 15 is 0 Å². The summed E-state index contributed by atoms with van der Waals surface area (Å²) in [6.07, 6.45) is 2.79. The zero-order valence-electron chi connectivity index (χ0n) is 12.0. The van der Waals surface area contributed by atoms with Crippen LogP contribution in [0.5, 0.6) is 0 Å². The lowest BCUT2D eigenvalue weighted by Crippen LogP contribution is -2.35. The molecule has 0 fully saturated rings. The van der Waals surface area contributed by atoms with Crippen LogP contribution in [0.4, 0.5) is 0 Å². The van der Waals surface area contributed by atoms with Crippen molar-refractivity contribution < 1.29 is 4.79 Å². The summed E-state index contributed by atoms with van der Waals surface area (Å²) in [6, 6.07) is 10.1. The molecule has 0 aliphatic rings. The molecule has 0 aliphatic carbocycles. The Morgan fingerprint density at radius 3 is 2.62 bits per heavy atom. The van der Waals surface area contributed by atoms with Crippen molar-refractivity contribution in [1.82, 2.24) is 20.2 Å². The van der Waals surface area contributed by atoms with Gasteiger partial charge in [0.25, 0.3) is 5.91 Å². The maximum atomic E-state index is 12.1. The quantitative estimate of drug-likeness (QED) is 0.919. The van der Waals surface area contributed by atoms with Crippen molar-refractivity contribution in [3.63, 3.8) is 0 Å². The Bertz CT molecular complexity index is 604. The van der Waals surface area contributed by atoms with Crippen molar-refractivity contribution in [2.75, 3.05) is 20.6 Å². The number of hydrogen-bond acceptors (Lipinski definition) is 4. The number of carbonyl (C=O) groups excluding carboxylic acids is 1. The summed E-state index contributed by atoms with van der Waals surface area (Å²) in [5.41, 5.74) is 1.35. The van der Waals surface area contributed by atoms with Gasteiger partial charge in [0.15, 0.2) is 0 Å². The molecule has 0 saturated heterocycles. The summed E-state index contributed by atoms with van der Waals surface area (Å²) >= 11 is 5.74. The molecule has 0 radical (unpaired) electrons. The molecule has 0 spiro atoms. The van der Waals surface area contributed by atoms with E-state index in [0.717, 1.165) is 5.56 Å². The fourth-order valence-electron chi connectivity index (χ4n) is 2.01. The highest BCUT2D eigenvalue weighted by Crippen LogP contribution is 2.16. The number of benzene rings is 1. The first-order valence-corrected chi connectivity index (χ1v) is 6.93. The minimum Gasteiger partial charge on any atom is -0.349 e. The van der Waals surface area contributed by atoms with Crippen molar-refractivity contribution in [3.8, 4) is 0 Å². The van der Waals surface area contributed by atoms with Crippen LogP contribution >= 0.6 is 11.6 Å². The second-order valence-electron chi connectivity index (χ2n) is 4.83. The molecule has 2 aromatic rings. The van der Waals surface area contributed by atoms with Crippen LogP contribution in [0.25, 0.3) is 0 Å². The minimum absolute atomic E-state index is 0.0855. The summed E-state index contributed by atoms with van der Waals surface area (Å²) in [5.74, 6) is -0.284. The highest BCUT2D eigenvalue weighted by atomic mass is 35.5. The molecule has 110 valence electrons. The van der Waals surface area contributed by atoms with Crippen molar-refractivity contribution in [2.24, 2.45) is 0 Å². The lowest BCUT2D eigenvalue weighted by molar-refractivity contribution is 0.0936. The van der Waals surface area contributed by atoms with Crippen LogP contribution in [-0.2, 0) is 0 Å². The van der Waals surface area contributed by atoms with E-state index in [1.54, 1.807) is 0 Å². The summed E-state index contributed by atoms with van der Waals surface area (Å²) < 4.78 is 0. The standard InChI is InChI=1S/C15H17ClN4O/c1-20(2)13(11-6-4-3-5-7-11)9-18-15(21)12-8-17-10-14(16)19-12/h3-8,10,13H,9H2,1-2H3,(H,18,21). The average molecular weight is 305 g/mol. The number of rotatable bonds is 5. The van der Waals surface area contributed by atoms with Crippen LogP contribution in [0.3, 0.4) is 0 Å². The SMILES string of the molecule is CN(C)C(CNC(=O)c1cncc(Cl)n1)c1ccccc1. The van der Waals surface area contributed by atoms with Gasteiger partial charge in [-0.05, 0) is 19.7 Å². The maximum Gasteiger partial charge on any atom is 0.271 e. The molecular formula is C15H17ClN4O. The van der Waals surface area contributed by atoms with Gasteiger partial charge >= 0.3 is 0 Å². The highest BCUT2D eigenvalue weighted by Gasteiger charge is 2.16. The van der Waals surface area contributed by atoms with Crippen LogP contribution in [-0.4, -0.2) is 41.4 Å². The van der Waals surface area contributed by atoms with Gasteiger partial charge in [-0.25, -0.2) is 4.98 Å². The molecule has 2 rings (SSSR count).